The molecule has 0 fully saturated rings. The Morgan fingerprint density at radius 1 is 1.20 bits per heavy atom. The molecule has 0 saturated carbocycles. The summed E-state index contributed by atoms with van der Waals surface area (Å²) >= 11 is 0. The van der Waals surface area contributed by atoms with Crippen LogP contribution in [0.15, 0.2) is 52.1 Å². The van der Waals surface area contributed by atoms with E-state index >= 15 is 0 Å². The maximum absolute atomic E-state index is 10.9. The topological polar surface area (TPSA) is 92.8 Å². The number of carboxylic acids is 1. The minimum atomic E-state index is -1.02. The molecule has 0 amide bonds. The molecule has 0 aliphatic heterocycles. The minimum absolute atomic E-state index is 0.139. The van der Waals surface area contributed by atoms with Crippen LogP contribution in [-0.4, -0.2) is 16.1 Å². The number of aromatic nitrogens is 1. The first-order chi connectivity index (χ1) is 9.67. The van der Waals surface area contributed by atoms with Gasteiger partial charge in [-0.05, 0) is 41.6 Å². The second kappa shape index (κ2) is 4.58. The molecule has 0 saturated heterocycles. The van der Waals surface area contributed by atoms with Crippen LogP contribution < -0.4 is 0 Å². The summed E-state index contributed by atoms with van der Waals surface area (Å²) in [4.78, 5) is 25.6. The first-order valence-corrected chi connectivity index (χ1v) is 5.75. The lowest BCUT2D eigenvalue weighted by molar-refractivity contribution is 0.0697. The molecular formula is C14H8N2O4. The van der Waals surface area contributed by atoms with E-state index in [1.54, 1.807) is 30.3 Å². The molecule has 0 radical (unpaired) electrons. The van der Waals surface area contributed by atoms with Crippen LogP contribution in [0.3, 0.4) is 0 Å². The van der Waals surface area contributed by atoms with Crippen molar-refractivity contribution >= 4 is 22.8 Å². The summed E-state index contributed by atoms with van der Waals surface area (Å²) in [6.45, 7) is 0. The number of nitrogens with zero attached hydrogens (tertiary/aromatic N) is 2. The molecule has 98 valence electrons. The Bertz CT molecular complexity index is 823. The number of carbonyl (C=O) groups is 1. The SMILES string of the molecule is O=Nc1cccc(-c2nc3cc(C(=O)O)ccc3o2)c1. The third kappa shape index (κ3) is 2.03. The van der Waals surface area contributed by atoms with Crippen LogP contribution in [0.25, 0.3) is 22.6 Å². The van der Waals surface area contributed by atoms with E-state index in [4.69, 9.17) is 9.52 Å². The maximum atomic E-state index is 10.9. The molecule has 1 heterocycles. The molecular weight excluding hydrogens is 260 g/mol. The van der Waals surface area contributed by atoms with E-state index in [0.717, 1.165) is 0 Å². The van der Waals surface area contributed by atoms with E-state index in [-0.39, 0.29) is 11.3 Å². The van der Waals surface area contributed by atoms with Gasteiger partial charge in [0.2, 0.25) is 5.89 Å². The number of nitroso groups, excluding NO2 is 1. The lowest BCUT2D eigenvalue weighted by Crippen LogP contribution is -1.94. The first-order valence-electron chi connectivity index (χ1n) is 5.75. The molecule has 6 nitrogen and oxygen atoms in total. The Morgan fingerprint density at radius 3 is 2.80 bits per heavy atom. The fourth-order valence-corrected chi connectivity index (χ4v) is 1.88. The van der Waals surface area contributed by atoms with Gasteiger partial charge < -0.3 is 9.52 Å². The number of rotatable bonds is 3. The third-order valence-electron chi connectivity index (χ3n) is 2.83. The lowest BCUT2D eigenvalue weighted by Gasteiger charge is -1.94. The van der Waals surface area contributed by atoms with Gasteiger partial charge in [-0.3, -0.25) is 0 Å². The fraction of sp³-hybridized carbons (Fsp3) is 0. The van der Waals surface area contributed by atoms with Gasteiger partial charge in [-0.2, -0.15) is 0 Å². The summed E-state index contributed by atoms with van der Waals surface area (Å²) < 4.78 is 5.54. The van der Waals surface area contributed by atoms with E-state index in [0.29, 0.717) is 22.6 Å². The number of benzene rings is 2. The van der Waals surface area contributed by atoms with E-state index in [1.165, 1.54) is 12.1 Å². The Labute approximate surface area is 112 Å². The van der Waals surface area contributed by atoms with Gasteiger partial charge >= 0.3 is 5.97 Å². The predicted molar refractivity (Wildman–Crippen MR) is 71.9 cm³/mol. The van der Waals surface area contributed by atoms with Gasteiger partial charge in [-0.1, -0.05) is 6.07 Å². The second-order valence-corrected chi connectivity index (χ2v) is 4.15. The summed E-state index contributed by atoms with van der Waals surface area (Å²) in [6, 6.07) is 11.0. The van der Waals surface area contributed by atoms with Crippen LogP contribution in [0.4, 0.5) is 5.69 Å². The smallest absolute Gasteiger partial charge is 0.335 e. The number of carboxylic acid groups (broad SMARTS) is 1. The molecule has 1 N–H and O–H groups in total. The molecule has 0 bridgehead atoms. The summed E-state index contributed by atoms with van der Waals surface area (Å²) in [7, 11) is 0. The van der Waals surface area contributed by atoms with Crippen molar-refractivity contribution < 1.29 is 14.3 Å². The zero-order valence-corrected chi connectivity index (χ0v) is 10.1. The average Bonchev–Trinajstić information content (AvgIpc) is 2.90. The molecule has 0 aliphatic rings. The van der Waals surface area contributed by atoms with Crippen molar-refractivity contribution in [1.29, 1.82) is 0 Å². The molecule has 0 unspecified atom stereocenters. The van der Waals surface area contributed by atoms with Crippen molar-refractivity contribution in [1.82, 2.24) is 4.98 Å². The molecule has 0 aliphatic carbocycles. The highest BCUT2D eigenvalue weighted by atomic mass is 16.4. The van der Waals surface area contributed by atoms with Crippen molar-refractivity contribution in [2.45, 2.75) is 0 Å². The predicted octanol–water partition coefficient (Wildman–Crippen LogP) is 3.59. The van der Waals surface area contributed by atoms with E-state index < -0.39 is 5.97 Å². The van der Waals surface area contributed by atoms with Crippen LogP contribution in [0.1, 0.15) is 10.4 Å². The number of oxazole rings is 1. The lowest BCUT2D eigenvalue weighted by atomic mass is 10.2. The second-order valence-electron chi connectivity index (χ2n) is 4.15. The summed E-state index contributed by atoms with van der Waals surface area (Å²) in [6.07, 6.45) is 0. The number of aromatic carboxylic acids is 1. The van der Waals surface area contributed by atoms with Crippen molar-refractivity contribution in [3.8, 4) is 11.5 Å². The van der Waals surface area contributed by atoms with Gasteiger partial charge in [0.25, 0.3) is 0 Å². The number of hydrogen-bond donors (Lipinski definition) is 1. The quantitative estimate of drug-likeness (QED) is 0.732. The van der Waals surface area contributed by atoms with Gasteiger partial charge in [0.1, 0.15) is 11.2 Å². The van der Waals surface area contributed by atoms with Gasteiger partial charge in [-0.15, -0.1) is 4.91 Å². The molecule has 0 atom stereocenters. The first kappa shape index (κ1) is 12.0. The van der Waals surface area contributed by atoms with Crippen LogP contribution in [0.2, 0.25) is 0 Å². The zero-order chi connectivity index (χ0) is 14.1. The van der Waals surface area contributed by atoms with E-state index in [9.17, 15) is 9.70 Å². The Morgan fingerprint density at radius 2 is 2.05 bits per heavy atom. The van der Waals surface area contributed by atoms with Gasteiger partial charge in [-0.25, -0.2) is 9.78 Å². The Kier molecular flexibility index (Phi) is 2.76. The monoisotopic (exact) mass is 268 g/mol. The van der Waals surface area contributed by atoms with Crippen molar-refractivity contribution in [3.63, 3.8) is 0 Å². The summed E-state index contributed by atoms with van der Waals surface area (Å²) in [5, 5.41) is 11.8. The average molecular weight is 268 g/mol. The molecule has 0 spiro atoms. The molecule has 3 aromatic rings. The third-order valence-corrected chi connectivity index (χ3v) is 2.83. The Hall–Kier alpha value is -3.02. The van der Waals surface area contributed by atoms with E-state index in [2.05, 4.69) is 10.2 Å². The minimum Gasteiger partial charge on any atom is -0.478 e. The molecule has 2 aromatic carbocycles. The van der Waals surface area contributed by atoms with Gasteiger partial charge in [0, 0.05) is 5.56 Å². The highest BCUT2D eigenvalue weighted by molar-refractivity contribution is 5.92. The summed E-state index contributed by atoms with van der Waals surface area (Å²) in [5.74, 6) is -0.711. The van der Waals surface area contributed by atoms with Crippen LogP contribution in [-0.2, 0) is 0 Å². The molecule has 3 rings (SSSR count). The van der Waals surface area contributed by atoms with Crippen molar-refractivity contribution in [2.24, 2.45) is 5.18 Å². The van der Waals surface area contributed by atoms with Gasteiger partial charge in [0.05, 0.1) is 5.56 Å². The highest BCUT2D eigenvalue weighted by Crippen LogP contribution is 2.27. The molecule has 1 aromatic heterocycles. The molecule has 6 heteroatoms. The van der Waals surface area contributed by atoms with Crippen molar-refractivity contribution in [2.75, 3.05) is 0 Å². The zero-order valence-electron chi connectivity index (χ0n) is 10.1. The van der Waals surface area contributed by atoms with Crippen LogP contribution in [0.5, 0.6) is 0 Å². The Balaban J connectivity index is 2.12. The number of fused-ring (bicyclic) bond motifs is 1. The maximum Gasteiger partial charge on any atom is 0.335 e. The highest BCUT2D eigenvalue weighted by Gasteiger charge is 2.11. The number of hydrogen-bond acceptors (Lipinski definition) is 5. The standard InChI is InChI=1S/C14H8N2O4/c17-14(18)9-4-5-12-11(7-9)15-13(20-12)8-2-1-3-10(6-8)16-19/h1-7H,(H,17,18). The van der Waals surface area contributed by atoms with Crippen LogP contribution >= 0.6 is 0 Å². The van der Waals surface area contributed by atoms with Gasteiger partial charge in [0.15, 0.2) is 5.58 Å². The fourth-order valence-electron chi connectivity index (χ4n) is 1.88. The molecule has 20 heavy (non-hydrogen) atoms. The summed E-state index contributed by atoms with van der Waals surface area (Å²) in [5.41, 5.74) is 1.95. The van der Waals surface area contributed by atoms with Crippen molar-refractivity contribution in [3.05, 3.63) is 52.9 Å². The van der Waals surface area contributed by atoms with Crippen LogP contribution in [0, 0.1) is 4.91 Å². The largest absolute Gasteiger partial charge is 0.478 e. The normalized spacial score (nSPS) is 10.6. The van der Waals surface area contributed by atoms with E-state index in [1.807, 2.05) is 0 Å².